The summed E-state index contributed by atoms with van der Waals surface area (Å²) >= 11 is 1.50. The van der Waals surface area contributed by atoms with Gasteiger partial charge in [-0.15, -0.1) is 11.3 Å². The van der Waals surface area contributed by atoms with E-state index in [1.165, 1.54) is 23.5 Å². The van der Waals surface area contributed by atoms with E-state index in [-0.39, 0.29) is 22.7 Å². The van der Waals surface area contributed by atoms with Crippen LogP contribution in [0.4, 0.5) is 11.4 Å². The molecule has 2 aromatic rings. The average molecular weight is 435 g/mol. The standard InChI is InChI=1S/C23H22N4O3S/c1-13-7-8-31-21(13)19-16(12-24)22(25)26(14-5-4-6-15(9-14)27(29)30)17-10-23(2,3)11-18(28)20(17)19/h4-9,19H,10-11,25H2,1-3H3/t19-/m0/s1. The fraction of sp³-hybridized carbons (Fsp3) is 0.304. The molecule has 4 rings (SSSR count). The lowest BCUT2D eigenvalue weighted by Gasteiger charge is -2.43. The third-order valence-electron chi connectivity index (χ3n) is 5.84. The van der Waals surface area contributed by atoms with E-state index in [1.54, 1.807) is 17.0 Å². The van der Waals surface area contributed by atoms with Gasteiger partial charge < -0.3 is 5.73 Å². The van der Waals surface area contributed by atoms with Crippen LogP contribution in [0.3, 0.4) is 0 Å². The molecule has 0 bridgehead atoms. The van der Waals surface area contributed by atoms with Gasteiger partial charge in [0, 0.05) is 34.7 Å². The number of benzene rings is 1. The minimum Gasteiger partial charge on any atom is -0.384 e. The summed E-state index contributed by atoms with van der Waals surface area (Å²) in [6, 6.07) is 10.3. The maximum atomic E-state index is 13.4. The Morgan fingerprint density at radius 3 is 2.68 bits per heavy atom. The summed E-state index contributed by atoms with van der Waals surface area (Å²) < 4.78 is 0. The fourth-order valence-electron chi connectivity index (χ4n) is 4.49. The van der Waals surface area contributed by atoms with Gasteiger partial charge in [0.1, 0.15) is 5.82 Å². The molecule has 0 saturated carbocycles. The number of non-ortho nitro benzene ring substituents is 1. The zero-order chi connectivity index (χ0) is 22.5. The number of nitro groups is 1. The number of allylic oxidation sites excluding steroid dienone is 3. The summed E-state index contributed by atoms with van der Waals surface area (Å²) in [4.78, 5) is 26.9. The maximum Gasteiger partial charge on any atom is 0.271 e. The van der Waals surface area contributed by atoms with Crippen molar-refractivity contribution in [2.24, 2.45) is 11.1 Å². The monoisotopic (exact) mass is 434 g/mol. The molecule has 1 aliphatic heterocycles. The second-order valence-electron chi connectivity index (χ2n) is 8.73. The molecule has 7 nitrogen and oxygen atoms in total. The van der Waals surface area contributed by atoms with Crippen LogP contribution in [0, 0.1) is 33.8 Å². The maximum absolute atomic E-state index is 13.4. The molecule has 1 aliphatic carbocycles. The first-order valence-corrected chi connectivity index (χ1v) is 10.8. The van der Waals surface area contributed by atoms with Crippen LogP contribution >= 0.6 is 11.3 Å². The van der Waals surface area contributed by atoms with Gasteiger partial charge in [0.25, 0.3) is 5.69 Å². The SMILES string of the molecule is Cc1ccsc1[C@H]1C(C#N)=C(N)N(c2cccc([N+](=O)[O-])c2)C2=C1C(=O)CC(C)(C)C2. The number of carbonyl (C=O) groups excluding carboxylic acids is 1. The molecular formula is C23H22N4O3S. The number of hydrogen-bond donors (Lipinski definition) is 1. The highest BCUT2D eigenvalue weighted by atomic mass is 32.1. The number of nitriles is 1. The lowest BCUT2D eigenvalue weighted by atomic mass is 9.69. The van der Waals surface area contributed by atoms with E-state index in [0.717, 1.165) is 16.1 Å². The van der Waals surface area contributed by atoms with Gasteiger partial charge in [-0.05, 0) is 41.8 Å². The minimum atomic E-state index is -0.515. The Hall–Kier alpha value is -3.44. The van der Waals surface area contributed by atoms with E-state index < -0.39 is 10.8 Å². The van der Waals surface area contributed by atoms with E-state index in [0.29, 0.717) is 29.7 Å². The Bertz CT molecular complexity index is 1220. The highest BCUT2D eigenvalue weighted by molar-refractivity contribution is 7.10. The number of hydrogen-bond acceptors (Lipinski definition) is 7. The normalized spacial score (nSPS) is 20.5. The minimum absolute atomic E-state index is 0.0141. The lowest BCUT2D eigenvalue weighted by molar-refractivity contribution is -0.384. The zero-order valence-corrected chi connectivity index (χ0v) is 18.3. The lowest BCUT2D eigenvalue weighted by Crippen LogP contribution is -2.42. The first kappa shape index (κ1) is 20.8. The molecule has 0 spiro atoms. The first-order chi connectivity index (χ1) is 14.6. The van der Waals surface area contributed by atoms with E-state index >= 15 is 0 Å². The number of nitrogens with two attached hydrogens (primary N) is 1. The van der Waals surface area contributed by atoms with Crippen molar-refractivity contribution in [3.63, 3.8) is 0 Å². The van der Waals surface area contributed by atoms with Crippen LogP contribution in [0.2, 0.25) is 0 Å². The van der Waals surface area contributed by atoms with Crippen molar-refractivity contribution < 1.29 is 9.72 Å². The van der Waals surface area contributed by atoms with Gasteiger partial charge in [-0.25, -0.2) is 0 Å². The second-order valence-corrected chi connectivity index (χ2v) is 9.67. The second kappa shape index (κ2) is 7.36. The highest BCUT2D eigenvalue weighted by Crippen LogP contribution is 2.51. The number of anilines is 1. The Morgan fingerprint density at radius 1 is 1.32 bits per heavy atom. The van der Waals surface area contributed by atoms with Gasteiger partial charge in [0.15, 0.2) is 5.78 Å². The van der Waals surface area contributed by atoms with Gasteiger partial charge in [0.05, 0.1) is 28.2 Å². The molecular weight excluding hydrogens is 412 g/mol. The molecule has 0 fully saturated rings. The van der Waals surface area contributed by atoms with Crippen LogP contribution in [-0.2, 0) is 4.79 Å². The topological polar surface area (TPSA) is 113 Å². The molecule has 0 radical (unpaired) electrons. The largest absolute Gasteiger partial charge is 0.384 e. The van der Waals surface area contributed by atoms with E-state index in [1.807, 2.05) is 32.2 Å². The number of carbonyl (C=O) groups is 1. The quantitative estimate of drug-likeness (QED) is 0.543. The van der Waals surface area contributed by atoms with Crippen molar-refractivity contribution in [2.75, 3.05) is 4.90 Å². The first-order valence-electron chi connectivity index (χ1n) is 9.89. The number of Topliss-reactive ketones (excluding diaryl/α,β-unsaturated/α-hetero) is 1. The zero-order valence-electron chi connectivity index (χ0n) is 17.5. The fourth-order valence-corrected chi connectivity index (χ4v) is 5.54. The Labute approximate surface area is 184 Å². The van der Waals surface area contributed by atoms with Gasteiger partial charge in [0.2, 0.25) is 0 Å². The van der Waals surface area contributed by atoms with Crippen LogP contribution in [0.1, 0.15) is 43.0 Å². The number of aryl methyl sites for hydroxylation is 1. The Morgan fingerprint density at radius 2 is 2.06 bits per heavy atom. The molecule has 1 aromatic carbocycles. The molecule has 31 heavy (non-hydrogen) atoms. The summed E-state index contributed by atoms with van der Waals surface area (Å²) in [5.74, 6) is -0.316. The molecule has 1 aromatic heterocycles. The van der Waals surface area contributed by atoms with Crippen LogP contribution < -0.4 is 10.6 Å². The predicted molar refractivity (Wildman–Crippen MR) is 119 cm³/mol. The number of ketones is 1. The van der Waals surface area contributed by atoms with Crippen molar-refractivity contribution in [1.29, 1.82) is 5.26 Å². The van der Waals surface area contributed by atoms with Crippen molar-refractivity contribution in [1.82, 2.24) is 0 Å². The molecule has 1 atom stereocenters. The molecule has 0 amide bonds. The summed E-state index contributed by atoms with van der Waals surface area (Å²) in [5, 5.41) is 23.3. The molecule has 2 aliphatic rings. The van der Waals surface area contributed by atoms with E-state index in [2.05, 4.69) is 6.07 Å². The smallest absolute Gasteiger partial charge is 0.271 e. The Balaban J connectivity index is 2.01. The highest BCUT2D eigenvalue weighted by Gasteiger charge is 2.45. The van der Waals surface area contributed by atoms with Crippen LogP contribution in [0.25, 0.3) is 0 Å². The van der Waals surface area contributed by atoms with Gasteiger partial charge in [-0.2, -0.15) is 5.26 Å². The van der Waals surface area contributed by atoms with Gasteiger partial charge in [-0.1, -0.05) is 19.9 Å². The van der Waals surface area contributed by atoms with E-state index in [4.69, 9.17) is 5.73 Å². The third kappa shape index (κ3) is 3.41. The van der Waals surface area contributed by atoms with Crippen molar-refractivity contribution in [2.45, 2.75) is 39.5 Å². The molecule has 8 heteroatoms. The predicted octanol–water partition coefficient (Wildman–Crippen LogP) is 4.91. The molecule has 158 valence electrons. The number of rotatable bonds is 3. The molecule has 0 unspecified atom stereocenters. The molecule has 2 N–H and O–H groups in total. The molecule has 2 heterocycles. The number of thiophene rings is 1. The number of nitro benzene ring substituents is 1. The summed E-state index contributed by atoms with van der Waals surface area (Å²) in [5.41, 5.74) is 9.23. The van der Waals surface area contributed by atoms with Crippen molar-refractivity contribution >= 4 is 28.5 Å². The summed E-state index contributed by atoms with van der Waals surface area (Å²) in [7, 11) is 0. The van der Waals surface area contributed by atoms with Crippen LogP contribution in [0.15, 0.2) is 58.4 Å². The molecule has 0 saturated heterocycles. The van der Waals surface area contributed by atoms with Gasteiger partial charge in [-0.3, -0.25) is 19.8 Å². The average Bonchev–Trinajstić information content (AvgIpc) is 3.11. The van der Waals surface area contributed by atoms with E-state index in [9.17, 15) is 20.2 Å². The third-order valence-corrected chi connectivity index (χ3v) is 6.93. The number of nitrogens with zero attached hydrogens (tertiary/aromatic N) is 3. The van der Waals surface area contributed by atoms with Crippen molar-refractivity contribution in [3.8, 4) is 6.07 Å². The summed E-state index contributed by atoms with van der Waals surface area (Å²) in [6.45, 7) is 6.00. The van der Waals surface area contributed by atoms with Crippen LogP contribution in [0.5, 0.6) is 0 Å². The van der Waals surface area contributed by atoms with Gasteiger partial charge >= 0.3 is 0 Å². The van der Waals surface area contributed by atoms with Crippen LogP contribution in [-0.4, -0.2) is 10.7 Å². The summed E-state index contributed by atoms with van der Waals surface area (Å²) in [6.07, 6.45) is 0.936. The Kier molecular flexibility index (Phi) is 4.94. The van der Waals surface area contributed by atoms with Crippen molar-refractivity contribution in [3.05, 3.63) is 78.9 Å².